The molecule has 0 spiro atoms. The minimum Gasteiger partial charge on any atom is -0.398 e. The number of halogens is 1. The topological polar surface area (TPSA) is 55.1 Å². The first-order valence-electron chi connectivity index (χ1n) is 5.89. The number of rotatable bonds is 4. The highest BCUT2D eigenvalue weighted by molar-refractivity contribution is 7.22. The second kappa shape index (κ2) is 5.59. The number of amides is 1. The van der Waals surface area contributed by atoms with Gasteiger partial charge in [0.1, 0.15) is 4.88 Å². The van der Waals surface area contributed by atoms with Gasteiger partial charge in [0.05, 0.1) is 9.72 Å². The van der Waals surface area contributed by atoms with Gasteiger partial charge in [-0.1, -0.05) is 37.1 Å². The zero-order valence-corrected chi connectivity index (χ0v) is 11.7. The number of carbonyl (C=O) groups excluding carboxylic acids is 1. The number of unbranched alkanes of at least 4 members (excludes halogenated alkanes) is 1. The molecule has 3 nitrogen and oxygen atoms in total. The highest BCUT2D eigenvalue weighted by Crippen LogP contribution is 2.38. The molecule has 0 aliphatic heterocycles. The Labute approximate surface area is 115 Å². The van der Waals surface area contributed by atoms with Crippen LogP contribution in [0, 0.1) is 0 Å². The number of nitrogens with two attached hydrogens (primary N) is 1. The first-order valence-corrected chi connectivity index (χ1v) is 7.09. The third kappa shape index (κ3) is 2.44. The van der Waals surface area contributed by atoms with Crippen molar-refractivity contribution in [1.82, 2.24) is 5.32 Å². The van der Waals surface area contributed by atoms with Crippen molar-refractivity contribution in [2.24, 2.45) is 0 Å². The van der Waals surface area contributed by atoms with Crippen LogP contribution < -0.4 is 11.1 Å². The maximum atomic E-state index is 12.0. The van der Waals surface area contributed by atoms with Gasteiger partial charge in [0.15, 0.2) is 0 Å². The van der Waals surface area contributed by atoms with Crippen LogP contribution in [0.2, 0.25) is 5.02 Å². The number of carbonyl (C=O) groups is 1. The standard InChI is InChI=1S/C13H15ClN2OS/c1-2-3-7-16-13(17)12-10(14)8-5-4-6-9(15)11(8)18-12/h4-6H,2-3,7,15H2,1H3,(H,16,17). The molecule has 0 aliphatic rings. The molecular formula is C13H15ClN2OS. The van der Waals surface area contributed by atoms with Crippen LogP contribution in [0.4, 0.5) is 5.69 Å². The van der Waals surface area contributed by atoms with Crippen LogP contribution >= 0.6 is 22.9 Å². The predicted molar refractivity (Wildman–Crippen MR) is 78.5 cm³/mol. The van der Waals surface area contributed by atoms with Crippen molar-refractivity contribution in [3.05, 3.63) is 28.1 Å². The van der Waals surface area contributed by atoms with E-state index in [1.165, 1.54) is 11.3 Å². The number of nitrogen functional groups attached to an aromatic ring is 1. The lowest BCUT2D eigenvalue weighted by molar-refractivity contribution is 0.0957. The van der Waals surface area contributed by atoms with Crippen LogP contribution in [0.15, 0.2) is 18.2 Å². The molecule has 1 aromatic carbocycles. The van der Waals surface area contributed by atoms with Gasteiger partial charge in [-0.2, -0.15) is 0 Å². The molecule has 1 heterocycles. The molecule has 5 heteroatoms. The van der Waals surface area contributed by atoms with E-state index < -0.39 is 0 Å². The van der Waals surface area contributed by atoms with Crippen LogP contribution in [0.25, 0.3) is 10.1 Å². The van der Waals surface area contributed by atoms with Crippen LogP contribution in [-0.4, -0.2) is 12.5 Å². The number of fused-ring (bicyclic) bond motifs is 1. The quantitative estimate of drug-likeness (QED) is 0.664. The van der Waals surface area contributed by atoms with Gasteiger partial charge < -0.3 is 11.1 Å². The Balaban J connectivity index is 2.31. The molecular weight excluding hydrogens is 268 g/mol. The molecule has 1 amide bonds. The van der Waals surface area contributed by atoms with Gasteiger partial charge >= 0.3 is 0 Å². The summed E-state index contributed by atoms with van der Waals surface area (Å²) in [6.45, 7) is 2.76. The second-order valence-electron chi connectivity index (χ2n) is 4.08. The maximum Gasteiger partial charge on any atom is 0.262 e. The number of anilines is 1. The molecule has 0 saturated carbocycles. The predicted octanol–water partition coefficient (Wildman–Crippen LogP) is 3.67. The van der Waals surface area contributed by atoms with Crippen LogP contribution in [-0.2, 0) is 0 Å². The average molecular weight is 283 g/mol. The summed E-state index contributed by atoms with van der Waals surface area (Å²) in [6.07, 6.45) is 2.02. The van der Waals surface area contributed by atoms with Gasteiger partial charge in [-0.15, -0.1) is 11.3 Å². The lowest BCUT2D eigenvalue weighted by Crippen LogP contribution is -2.23. The fourth-order valence-corrected chi connectivity index (χ4v) is 3.17. The van der Waals surface area contributed by atoms with Crippen molar-refractivity contribution >= 4 is 44.6 Å². The van der Waals surface area contributed by atoms with E-state index >= 15 is 0 Å². The van der Waals surface area contributed by atoms with Gasteiger partial charge in [0.25, 0.3) is 5.91 Å². The number of thiophene rings is 1. The minimum atomic E-state index is -0.117. The lowest BCUT2D eigenvalue weighted by atomic mass is 10.2. The van der Waals surface area contributed by atoms with Gasteiger partial charge in [-0.25, -0.2) is 0 Å². The van der Waals surface area contributed by atoms with E-state index in [-0.39, 0.29) is 5.91 Å². The number of hydrogen-bond acceptors (Lipinski definition) is 3. The molecule has 3 N–H and O–H groups in total. The lowest BCUT2D eigenvalue weighted by Gasteiger charge is -2.01. The summed E-state index contributed by atoms with van der Waals surface area (Å²) in [5.41, 5.74) is 6.54. The third-order valence-electron chi connectivity index (χ3n) is 2.71. The van der Waals surface area contributed by atoms with Crippen molar-refractivity contribution in [2.75, 3.05) is 12.3 Å². The second-order valence-corrected chi connectivity index (χ2v) is 5.48. The van der Waals surface area contributed by atoms with E-state index in [9.17, 15) is 4.79 Å². The van der Waals surface area contributed by atoms with Crippen molar-refractivity contribution in [1.29, 1.82) is 0 Å². The largest absolute Gasteiger partial charge is 0.398 e. The van der Waals surface area contributed by atoms with Gasteiger partial charge in [-0.3, -0.25) is 4.79 Å². The van der Waals surface area contributed by atoms with E-state index in [1.807, 2.05) is 18.2 Å². The third-order valence-corrected chi connectivity index (χ3v) is 4.47. The fraction of sp³-hybridized carbons (Fsp3) is 0.308. The summed E-state index contributed by atoms with van der Waals surface area (Å²) in [4.78, 5) is 12.5. The Kier molecular flexibility index (Phi) is 4.09. The molecule has 18 heavy (non-hydrogen) atoms. The molecule has 0 bridgehead atoms. The summed E-state index contributed by atoms with van der Waals surface area (Å²) < 4.78 is 0.878. The highest BCUT2D eigenvalue weighted by Gasteiger charge is 2.17. The molecule has 2 aromatic rings. The van der Waals surface area contributed by atoms with Crippen LogP contribution in [0.3, 0.4) is 0 Å². The molecule has 0 unspecified atom stereocenters. The van der Waals surface area contributed by atoms with Gasteiger partial charge in [0, 0.05) is 17.6 Å². The Morgan fingerprint density at radius 3 is 2.94 bits per heavy atom. The summed E-state index contributed by atoms with van der Waals surface area (Å²) in [5.74, 6) is -0.117. The zero-order valence-electron chi connectivity index (χ0n) is 10.1. The molecule has 0 saturated heterocycles. The number of benzene rings is 1. The van der Waals surface area contributed by atoms with Crippen LogP contribution in [0.1, 0.15) is 29.4 Å². The van der Waals surface area contributed by atoms with Crippen molar-refractivity contribution in [2.45, 2.75) is 19.8 Å². The summed E-state index contributed by atoms with van der Waals surface area (Å²) in [5, 5.41) is 4.21. The van der Waals surface area contributed by atoms with E-state index in [4.69, 9.17) is 17.3 Å². The molecule has 0 fully saturated rings. The maximum absolute atomic E-state index is 12.0. The Bertz CT molecular complexity index is 580. The van der Waals surface area contributed by atoms with Crippen molar-refractivity contribution < 1.29 is 4.79 Å². The number of hydrogen-bond donors (Lipinski definition) is 2. The molecule has 0 aliphatic carbocycles. The summed E-state index contributed by atoms with van der Waals surface area (Å²) in [6, 6.07) is 5.54. The Morgan fingerprint density at radius 1 is 1.50 bits per heavy atom. The normalized spacial score (nSPS) is 10.8. The average Bonchev–Trinajstić information content (AvgIpc) is 2.69. The van der Waals surface area contributed by atoms with E-state index in [2.05, 4.69) is 12.2 Å². The van der Waals surface area contributed by atoms with Crippen molar-refractivity contribution in [3.63, 3.8) is 0 Å². The summed E-state index contributed by atoms with van der Waals surface area (Å²) in [7, 11) is 0. The monoisotopic (exact) mass is 282 g/mol. The molecule has 2 rings (SSSR count). The fourth-order valence-electron chi connectivity index (χ4n) is 1.72. The summed E-state index contributed by atoms with van der Waals surface area (Å²) >= 11 is 7.58. The molecule has 96 valence electrons. The first kappa shape index (κ1) is 13.2. The van der Waals surface area contributed by atoms with Crippen LogP contribution in [0.5, 0.6) is 0 Å². The Morgan fingerprint density at radius 2 is 2.28 bits per heavy atom. The van der Waals surface area contributed by atoms with Gasteiger partial charge in [-0.05, 0) is 12.5 Å². The van der Waals surface area contributed by atoms with Crippen molar-refractivity contribution in [3.8, 4) is 0 Å². The SMILES string of the molecule is CCCCNC(=O)c1sc2c(N)cccc2c1Cl. The Hall–Kier alpha value is -1.26. The molecule has 0 radical (unpaired) electrons. The minimum absolute atomic E-state index is 0.117. The number of nitrogens with one attached hydrogen (secondary N) is 1. The first-order chi connectivity index (χ1) is 8.65. The van der Waals surface area contributed by atoms with E-state index in [0.717, 1.165) is 22.9 Å². The van der Waals surface area contributed by atoms with E-state index in [1.54, 1.807) is 0 Å². The van der Waals surface area contributed by atoms with E-state index in [0.29, 0.717) is 22.1 Å². The smallest absolute Gasteiger partial charge is 0.262 e. The van der Waals surface area contributed by atoms with Gasteiger partial charge in [0.2, 0.25) is 0 Å². The molecule has 0 atom stereocenters. The zero-order chi connectivity index (χ0) is 13.1. The highest BCUT2D eigenvalue weighted by atomic mass is 35.5. The molecule has 1 aromatic heterocycles.